The highest BCUT2D eigenvalue weighted by atomic mass is 35.5. The number of thioether (sulfide) groups is 1. The van der Waals surface area contributed by atoms with Crippen LogP contribution < -0.4 is 0 Å². The third-order valence-corrected chi connectivity index (χ3v) is 4.89. The molecule has 112 valence electrons. The number of hydrogen-bond acceptors (Lipinski definition) is 2. The summed E-state index contributed by atoms with van der Waals surface area (Å²) in [5, 5.41) is 0.363. The number of alkyl halides is 4. The van der Waals surface area contributed by atoms with Crippen LogP contribution in [0.4, 0.5) is 8.78 Å². The number of nitrogens with zero attached hydrogens (tertiary/aromatic N) is 1. The second kappa shape index (κ2) is 6.95. The van der Waals surface area contributed by atoms with E-state index in [-0.39, 0.29) is 6.42 Å². The van der Waals surface area contributed by atoms with E-state index < -0.39 is 16.0 Å². The fourth-order valence-electron chi connectivity index (χ4n) is 1.70. The molecule has 0 bridgehead atoms. The molecule has 2 aromatic rings. The van der Waals surface area contributed by atoms with Gasteiger partial charge in [-0.3, -0.25) is 0 Å². The lowest BCUT2D eigenvalue weighted by molar-refractivity contribution is -0.00131. The van der Waals surface area contributed by atoms with Gasteiger partial charge in [0.1, 0.15) is 0 Å². The number of pyridine rings is 1. The average molecular weight is 348 g/mol. The number of benzene rings is 1. The topological polar surface area (TPSA) is 12.9 Å². The molecule has 0 aliphatic heterocycles. The third kappa shape index (κ3) is 4.56. The molecule has 0 atom stereocenters. The number of halogens is 4. The molecule has 0 saturated carbocycles. The minimum absolute atomic E-state index is 0.206. The summed E-state index contributed by atoms with van der Waals surface area (Å²) in [7, 11) is 0. The highest BCUT2D eigenvalue weighted by molar-refractivity contribution is 8.03. The first-order valence-electron chi connectivity index (χ1n) is 6.30. The highest BCUT2D eigenvalue weighted by Crippen LogP contribution is 2.51. The van der Waals surface area contributed by atoms with Crippen molar-refractivity contribution in [3.8, 4) is 0 Å². The largest absolute Gasteiger partial charge is 0.290 e. The molecule has 0 fully saturated rings. The van der Waals surface area contributed by atoms with E-state index in [1.165, 1.54) is 6.20 Å². The van der Waals surface area contributed by atoms with E-state index in [0.717, 1.165) is 5.56 Å². The van der Waals surface area contributed by atoms with Crippen LogP contribution in [0.25, 0.3) is 0 Å². The number of rotatable bonds is 6. The van der Waals surface area contributed by atoms with Gasteiger partial charge in [0.2, 0.25) is 3.67 Å². The third-order valence-electron chi connectivity index (χ3n) is 2.87. The van der Waals surface area contributed by atoms with Crippen molar-refractivity contribution in [3.63, 3.8) is 0 Å². The molecule has 0 radical (unpaired) electrons. The summed E-state index contributed by atoms with van der Waals surface area (Å²) in [4.78, 5) is 3.96. The molecule has 0 spiro atoms. The monoisotopic (exact) mass is 347 g/mol. The lowest BCUT2D eigenvalue weighted by Gasteiger charge is -2.28. The lowest BCUT2D eigenvalue weighted by atomic mass is 10.1. The molecule has 0 aliphatic rings. The van der Waals surface area contributed by atoms with Crippen LogP contribution in [0.1, 0.15) is 12.0 Å². The molecule has 2 rings (SSSR count). The van der Waals surface area contributed by atoms with Gasteiger partial charge in [-0.1, -0.05) is 71.4 Å². The number of aryl methyl sites for hydroxylation is 1. The summed E-state index contributed by atoms with van der Waals surface area (Å²) in [5.41, 5.74) is 0.823. The fourth-order valence-corrected chi connectivity index (χ4v) is 3.14. The van der Waals surface area contributed by atoms with Crippen LogP contribution in [0, 0.1) is 0 Å². The number of aromatic nitrogens is 1. The number of hydrogen-bond donors (Lipinski definition) is 0. The van der Waals surface area contributed by atoms with E-state index in [1.54, 1.807) is 30.3 Å². The Labute approximate surface area is 136 Å². The van der Waals surface area contributed by atoms with E-state index in [2.05, 4.69) is 4.98 Å². The van der Waals surface area contributed by atoms with Gasteiger partial charge in [-0.25, -0.2) is 13.8 Å². The molecule has 1 aromatic carbocycles. The van der Waals surface area contributed by atoms with Crippen molar-refractivity contribution in [3.05, 3.63) is 60.3 Å². The summed E-state index contributed by atoms with van der Waals surface area (Å²) >= 11 is 12.4. The van der Waals surface area contributed by atoms with Gasteiger partial charge in [0.15, 0.2) is 0 Å². The van der Waals surface area contributed by atoms with Crippen LogP contribution in [0.5, 0.6) is 0 Å². The fraction of sp³-hybridized carbons (Fsp3) is 0.267. The van der Waals surface area contributed by atoms with Gasteiger partial charge < -0.3 is 0 Å². The Morgan fingerprint density at radius 2 is 1.67 bits per heavy atom. The molecule has 1 heterocycles. The summed E-state index contributed by atoms with van der Waals surface area (Å²) in [6.07, 6.45) is 1.29. The Bertz CT molecular complexity index is 564. The van der Waals surface area contributed by atoms with E-state index >= 15 is 0 Å². The summed E-state index contributed by atoms with van der Waals surface area (Å²) in [5.74, 6) is -3.24. The SMILES string of the molecule is FC(F)(CCc1ccccc1)C(Cl)(Cl)Sc1ccccn1. The Kier molecular flexibility index (Phi) is 5.47. The Hall–Kier alpha value is -0.840. The van der Waals surface area contributed by atoms with Crippen molar-refractivity contribution in [2.45, 2.75) is 27.5 Å². The molecular weight excluding hydrogens is 335 g/mol. The standard InChI is InChI=1S/C15H13Cl2F2NS/c16-15(17,21-13-8-4-5-11-20-13)14(18,19)10-9-12-6-2-1-3-7-12/h1-8,11H,9-10H2. The normalized spacial score (nSPS) is 12.4. The molecule has 0 saturated heterocycles. The van der Waals surface area contributed by atoms with Crippen molar-refractivity contribution in [1.82, 2.24) is 4.98 Å². The van der Waals surface area contributed by atoms with Gasteiger partial charge in [-0.15, -0.1) is 0 Å². The van der Waals surface area contributed by atoms with Crippen LogP contribution >= 0.6 is 35.0 Å². The van der Waals surface area contributed by atoms with Crippen molar-refractivity contribution in [2.24, 2.45) is 0 Å². The van der Waals surface area contributed by atoms with Crippen LogP contribution in [0.3, 0.4) is 0 Å². The Morgan fingerprint density at radius 1 is 1.00 bits per heavy atom. The van der Waals surface area contributed by atoms with Crippen molar-refractivity contribution >= 4 is 35.0 Å². The van der Waals surface area contributed by atoms with E-state index in [4.69, 9.17) is 23.2 Å². The summed E-state index contributed by atoms with van der Waals surface area (Å²) in [6, 6.07) is 14.0. The first-order valence-corrected chi connectivity index (χ1v) is 7.87. The first-order chi connectivity index (χ1) is 9.91. The van der Waals surface area contributed by atoms with Gasteiger partial charge in [0.25, 0.3) is 5.92 Å². The minimum Gasteiger partial charge on any atom is -0.250 e. The zero-order valence-corrected chi connectivity index (χ0v) is 13.3. The molecule has 0 unspecified atom stereocenters. The van der Waals surface area contributed by atoms with Crippen LogP contribution in [0.2, 0.25) is 0 Å². The van der Waals surface area contributed by atoms with Crippen molar-refractivity contribution in [1.29, 1.82) is 0 Å². The van der Waals surface area contributed by atoms with Gasteiger partial charge in [0, 0.05) is 12.6 Å². The van der Waals surface area contributed by atoms with Gasteiger partial charge >= 0.3 is 0 Å². The molecule has 1 nitrogen and oxygen atoms in total. The van der Waals surface area contributed by atoms with E-state index in [1.807, 2.05) is 18.2 Å². The highest BCUT2D eigenvalue weighted by Gasteiger charge is 2.52. The summed E-state index contributed by atoms with van der Waals surface area (Å²) in [6.45, 7) is 0. The quantitative estimate of drug-likeness (QED) is 0.500. The zero-order valence-electron chi connectivity index (χ0n) is 11.0. The van der Waals surface area contributed by atoms with Gasteiger partial charge in [-0.2, -0.15) is 0 Å². The first kappa shape index (κ1) is 16.5. The smallest absolute Gasteiger partial charge is 0.250 e. The maximum atomic E-state index is 14.3. The van der Waals surface area contributed by atoms with Crippen LogP contribution in [-0.4, -0.2) is 14.6 Å². The second-order valence-electron chi connectivity index (χ2n) is 4.48. The molecular formula is C15H13Cl2F2NS. The molecule has 21 heavy (non-hydrogen) atoms. The Morgan fingerprint density at radius 3 is 2.29 bits per heavy atom. The Balaban J connectivity index is 2.03. The lowest BCUT2D eigenvalue weighted by Crippen LogP contribution is -2.36. The maximum Gasteiger partial charge on any atom is 0.290 e. The predicted octanol–water partition coefficient (Wildman–Crippen LogP) is 5.57. The molecule has 0 N–H and O–H groups in total. The average Bonchev–Trinajstić information content (AvgIpc) is 2.47. The van der Waals surface area contributed by atoms with Crippen molar-refractivity contribution in [2.75, 3.05) is 0 Å². The molecule has 0 amide bonds. The van der Waals surface area contributed by atoms with Gasteiger partial charge in [0.05, 0.1) is 5.03 Å². The minimum atomic E-state index is -3.24. The van der Waals surface area contributed by atoms with Crippen LogP contribution in [0.15, 0.2) is 59.8 Å². The maximum absolute atomic E-state index is 14.3. The van der Waals surface area contributed by atoms with Crippen LogP contribution in [-0.2, 0) is 6.42 Å². The van der Waals surface area contributed by atoms with E-state index in [9.17, 15) is 8.78 Å². The second-order valence-corrected chi connectivity index (χ2v) is 7.49. The van der Waals surface area contributed by atoms with E-state index in [0.29, 0.717) is 16.8 Å². The van der Waals surface area contributed by atoms with Gasteiger partial charge in [-0.05, 0) is 24.1 Å². The molecule has 6 heteroatoms. The van der Waals surface area contributed by atoms with Crippen molar-refractivity contribution < 1.29 is 8.78 Å². The predicted molar refractivity (Wildman–Crippen MR) is 84.2 cm³/mol. The molecule has 1 aromatic heterocycles. The zero-order chi connectivity index (χ0) is 15.3. The summed E-state index contributed by atoms with van der Waals surface area (Å²) < 4.78 is 26.3. The molecule has 0 aliphatic carbocycles.